The summed E-state index contributed by atoms with van der Waals surface area (Å²) in [5, 5.41) is 2.95. The van der Waals surface area contributed by atoms with Gasteiger partial charge in [-0.25, -0.2) is 8.42 Å². The third-order valence-corrected chi connectivity index (χ3v) is 4.18. The average Bonchev–Trinajstić information content (AvgIpc) is 2.54. The number of thiocarbonyl (C=S) groups is 1. The highest BCUT2D eigenvalue weighted by atomic mass is 32.2. The zero-order chi connectivity index (χ0) is 16.0. The summed E-state index contributed by atoms with van der Waals surface area (Å²) in [6, 6.07) is 15.1. The normalized spacial score (nSPS) is 10.8. The first-order valence-corrected chi connectivity index (χ1v) is 8.19. The van der Waals surface area contributed by atoms with E-state index >= 15 is 0 Å². The van der Waals surface area contributed by atoms with Gasteiger partial charge in [0.1, 0.15) is 5.75 Å². The van der Waals surface area contributed by atoms with Crippen molar-refractivity contribution in [2.75, 3.05) is 12.4 Å². The predicted octanol–water partition coefficient (Wildman–Crippen LogP) is 1.88. The number of hydrogen-bond acceptors (Lipinski definition) is 4. The predicted molar refractivity (Wildman–Crippen MR) is 89.1 cm³/mol. The number of sulfonamides is 1. The molecular formula is C14H15N3O3S2. The molecule has 0 heterocycles. The van der Waals surface area contributed by atoms with Gasteiger partial charge in [0.25, 0.3) is 10.0 Å². The number of hydrazine groups is 1. The largest absolute Gasteiger partial charge is 0.495 e. The van der Waals surface area contributed by atoms with Crippen LogP contribution in [0.2, 0.25) is 0 Å². The quantitative estimate of drug-likeness (QED) is 0.571. The summed E-state index contributed by atoms with van der Waals surface area (Å²) in [6.45, 7) is 0. The van der Waals surface area contributed by atoms with Gasteiger partial charge < -0.3 is 10.1 Å². The van der Waals surface area contributed by atoms with Crippen LogP contribution in [0.15, 0.2) is 59.5 Å². The molecule has 2 rings (SSSR count). The lowest BCUT2D eigenvalue weighted by Gasteiger charge is -2.14. The van der Waals surface area contributed by atoms with Crippen LogP contribution < -0.4 is 20.3 Å². The van der Waals surface area contributed by atoms with E-state index in [1.54, 1.807) is 30.3 Å². The van der Waals surface area contributed by atoms with Crippen molar-refractivity contribution in [1.29, 1.82) is 0 Å². The summed E-state index contributed by atoms with van der Waals surface area (Å²) in [5.74, 6) is 0.595. The van der Waals surface area contributed by atoms with Crippen LogP contribution in [-0.4, -0.2) is 20.6 Å². The Hall–Kier alpha value is -2.16. The van der Waals surface area contributed by atoms with Gasteiger partial charge in [0.2, 0.25) is 0 Å². The maximum atomic E-state index is 12.0. The maximum absolute atomic E-state index is 12.0. The van der Waals surface area contributed by atoms with Crippen LogP contribution in [0.3, 0.4) is 0 Å². The molecule has 0 spiro atoms. The van der Waals surface area contributed by atoms with E-state index in [4.69, 9.17) is 17.0 Å². The van der Waals surface area contributed by atoms with Gasteiger partial charge >= 0.3 is 0 Å². The zero-order valence-corrected chi connectivity index (χ0v) is 13.4. The van der Waals surface area contributed by atoms with E-state index in [2.05, 4.69) is 15.6 Å². The second kappa shape index (κ2) is 7.21. The van der Waals surface area contributed by atoms with Gasteiger partial charge in [-0.05, 0) is 36.5 Å². The molecule has 0 unspecified atom stereocenters. The second-order valence-electron chi connectivity index (χ2n) is 4.20. The Morgan fingerprint density at radius 3 is 2.36 bits per heavy atom. The molecule has 6 nitrogen and oxygen atoms in total. The molecule has 0 aliphatic carbocycles. The van der Waals surface area contributed by atoms with Crippen LogP contribution in [0.4, 0.5) is 5.69 Å². The molecule has 22 heavy (non-hydrogen) atoms. The van der Waals surface area contributed by atoms with Crippen molar-refractivity contribution < 1.29 is 13.2 Å². The first kappa shape index (κ1) is 16.2. The Bertz CT molecular complexity index is 749. The Morgan fingerprint density at radius 2 is 1.68 bits per heavy atom. The van der Waals surface area contributed by atoms with Gasteiger partial charge in [0.05, 0.1) is 17.7 Å². The Labute approximate surface area is 134 Å². The summed E-state index contributed by atoms with van der Waals surface area (Å²) in [4.78, 5) is 2.35. The molecule has 0 aliphatic rings. The molecule has 116 valence electrons. The number of methoxy groups -OCH3 is 1. The molecule has 0 saturated heterocycles. The summed E-state index contributed by atoms with van der Waals surface area (Å²) in [5.41, 5.74) is 3.07. The molecular weight excluding hydrogens is 322 g/mol. The fourth-order valence-electron chi connectivity index (χ4n) is 1.67. The van der Waals surface area contributed by atoms with Crippen LogP contribution in [0.1, 0.15) is 0 Å². The SMILES string of the molecule is COc1ccccc1NC(=S)NNS(=O)(=O)c1ccccc1. The molecule has 0 radical (unpaired) electrons. The van der Waals surface area contributed by atoms with E-state index in [0.29, 0.717) is 11.4 Å². The number of anilines is 1. The number of para-hydroxylation sites is 2. The van der Waals surface area contributed by atoms with E-state index in [0.717, 1.165) is 0 Å². The topological polar surface area (TPSA) is 79.5 Å². The summed E-state index contributed by atoms with van der Waals surface area (Å²) in [6.07, 6.45) is 0. The van der Waals surface area contributed by atoms with Crippen LogP contribution >= 0.6 is 12.2 Å². The molecule has 0 bridgehead atoms. The summed E-state index contributed by atoms with van der Waals surface area (Å²) in [7, 11) is -2.15. The standard InChI is InChI=1S/C14H15N3O3S2/c1-20-13-10-6-5-9-12(13)15-14(21)16-17-22(18,19)11-7-3-2-4-8-11/h2-10,17H,1H3,(H2,15,16,21). The lowest BCUT2D eigenvalue weighted by Crippen LogP contribution is -2.43. The fraction of sp³-hybridized carbons (Fsp3) is 0.0714. The van der Waals surface area contributed by atoms with E-state index in [9.17, 15) is 8.42 Å². The number of hydrogen-bond donors (Lipinski definition) is 3. The molecule has 3 N–H and O–H groups in total. The lowest BCUT2D eigenvalue weighted by molar-refractivity contribution is 0.417. The first-order valence-electron chi connectivity index (χ1n) is 6.30. The van der Waals surface area contributed by atoms with Crippen molar-refractivity contribution in [2.45, 2.75) is 4.90 Å². The second-order valence-corrected chi connectivity index (χ2v) is 6.29. The number of rotatable bonds is 5. The number of ether oxygens (including phenoxy) is 1. The Kier molecular flexibility index (Phi) is 5.31. The van der Waals surface area contributed by atoms with Crippen LogP contribution in [0.25, 0.3) is 0 Å². The maximum Gasteiger partial charge on any atom is 0.257 e. The van der Waals surface area contributed by atoms with Crippen molar-refractivity contribution >= 4 is 33.0 Å². The van der Waals surface area contributed by atoms with Gasteiger partial charge in [-0.1, -0.05) is 30.3 Å². The van der Waals surface area contributed by atoms with E-state index in [1.165, 1.54) is 19.2 Å². The minimum atomic E-state index is -3.68. The van der Waals surface area contributed by atoms with Crippen molar-refractivity contribution in [2.24, 2.45) is 0 Å². The number of benzene rings is 2. The fourth-order valence-corrected chi connectivity index (χ4v) is 2.77. The smallest absolute Gasteiger partial charge is 0.257 e. The monoisotopic (exact) mass is 337 g/mol. The minimum absolute atomic E-state index is 0.101. The molecule has 0 saturated carbocycles. The van der Waals surface area contributed by atoms with E-state index < -0.39 is 10.0 Å². The molecule has 0 aromatic heterocycles. The highest BCUT2D eigenvalue weighted by Crippen LogP contribution is 2.22. The highest BCUT2D eigenvalue weighted by molar-refractivity contribution is 7.89. The molecule has 0 amide bonds. The first-order chi connectivity index (χ1) is 10.5. The van der Waals surface area contributed by atoms with Gasteiger partial charge in [0, 0.05) is 0 Å². The lowest BCUT2D eigenvalue weighted by atomic mass is 10.3. The summed E-state index contributed by atoms with van der Waals surface area (Å²) < 4.78 is 29.2. The van der Waals surface area contributed by atoms with Gasteiger partial charge in [-0.3, -0.25) is 5.43 Å². The third-order valence-electron chi connectivity index (χ3n) is 2.71. The van der Waals surface area contributed by atoms with Crippen molar-refractivity contribution in [3.8, 4) is 5.75 Å². The third kappa shape index (κ3) is 4.17. The Morgan fingerprint density at radius 1 is 1.05 bits per heavy atom. The van der Waals surface area contributed by atoms with E-state index in [-0.39, 0.29) is 10.0 Å². The van der Waals surface area contributed by atoms with Crippen molar-refractivity contribution in [1.82, 2.24) is 10.3 Å². The Balaban J connectivity index is 1.99. The minimum Gasteiger partial charge on any atom is -0.495 e. The van der Waals surface area contributed by atoms with Gasteiger partial charge in [0.15, 0.2) is 5.11 Å². The zero-order valence-electron chi connectivity index (χ0n) is 11.7. The molecule has 0 fully saturated rings. The van der Waals surface area contributed by atoms with E-state index in [1.807, 2.05) is 12.1 Å². The molecule has 2 aromatic carbocycles. The van der Waals surface area contributed by atoms with Crippen LogP contribution in [0.5, 0.6) is 5.75 Å². The average molecular weight is 337 g/mol. The van der Waals surface area contributed by atoms with Crippen molar-refractivity contribution in [3.63, 3.8) is 0 Å². The van der Waals surface area contributed by atoms with Crippen molar-refractivity contribution in [3.05, 3.63) is 54.6 Å². The van der Waals surface area contributed by atoms with Gasteiger partial charge in [-0.2, -0.15) is 0 Å². The van der Waals surface area contributed by atoms with Crippen LogP contribution in [0, 0.1) is 0 Å². The molecule has 8 heteroatoms. The van der Waals surface area contributed by atoms with Crippen LogP contribution in [-0.2, 0) is 10.0 Å². The molecule has 0 atom stereocenters. The molecule has 0 aliphatic heterocycles. The van der Waals surface area contributed by atoms with Gasteiger partial charge in [-0.15, -0.1) is 4.83 Å². The number of nitrogens with one attached hydrogen (secondary N) is 3. The molecule has 2 aromatic rings. The highest BCUT2D eigenvalue weighted by Gasteiger charge is 2.13. The summed E-state index contributed by atoms with van der Waals surface area (Å²) >= 11 is 5.06.